The number of carbonyl (C=O) groups excluding carboxylic acids is 1. The van der Waals surface area contributed by atoms with Crippen molar-refractivity contribution < 1.29 is 27.7 Å². The van der Waals surface area contributed by atoms with Gasteiger partial charge in [0.15, 0.2) is 0 Å². The summed E-state index contributed by atoms with van der Waals surface area (Å²) in [4.78, 5) is 11.1. The zero-order valence-electron chi connectivity index (χ0n) is 14.7. The fraction of sp³-hybridized carbons (Fsp3) is 0.812. The quantitative estimate of drug-likeness (QED) is 0.185. The summed E-state index contributed by atoms with van der Waals surface area (Å²) < 4.78 is 32.4. The van der Waals surface area contributed by atoms with Crippen LogP contribution in [0.1, 0.15) is 59.3 Å². The summed E-state index contributed by atoms with van der Waals surface area (Å²) in [6.45, 7) is 10.1. The van der Waals surface area contributed by atoms with Gasteiger partial charge in [0.2, 0.25) is 0 Å². The van der Waals surface area contributed by atoms with Crippen molar-refractivity contribution in [3.63, 3.8) is 0 Å². The van der Waals surface area contributed by atoms with E-state index in [1.54, 1.807) is 20.8 Å². The van der Waals surface area contributed by atoms with Crippen LogP contribution in [0.5, 0.6) is 0 Å². The van der Waals surface area contributed by atoms with Gasteiger partial charge in [-0.05, 0) is 33.6 Å². The lowest BCUT2D eigenvalue weighted by Gasteiger charge is -2.16. The molecular formula is C16H31O6P. The van der Waals surface area contributed by atoms with Gasteiger partial charge >= 0.3 is 13.8 Å². The molecule has 6 nitrogen and oxygen atoms in total. The summed E-state index contributed by atoms with van der Waals surface area (Å²) >= 11 is 0. The summed E-state index contributed by atoms with van der Waals surface area (Å²) in [5, 5.41) is 0. The highest BCUT2D eigenvalue weighted by Gasteiger charge is 2.24. The number of hydrogen-bond acceptors (Lipinski definition) is 6. The lowest BCUT2D eigenvalue weighted by Crippen LogP contribution is -2.06. The molecular weight excluding hydrogens is 319 g/mol. The number of hydrogen-bond donors (Lipinski definition) is 0. The Morgan fingerprint density at radius 3 is 1.83 bits per heavy atom. The maximum absolute atomic E-state index is 12.0. The maximum Gasteiger partial charge on any atom is 0.474 e. The molecule has 0 aliphatic carbocycles. The van der Waals surface area contributed by atoms with E-state index in [4.69, 9.17) is 18.3 Å². The lowest BCUT2D eigenvalue weighted by atomic mass is 10.1. The molecule has 0 N–H and O–H groups in total. The van der Waals surface area contributed by atoms with Crippen LogP contribution in [0.25, 0.3) is 0 Å². The molecule has 0 aromatic carbocycles. The number of unbranched alkanes of at least 4 members (excludes halogenated alkanes) is 5. The Labute approximate surface area is 140 Å². The average molecular weight is 350 g/mol. The molecule has 0 aliphatic rings. The molecule has 0 amide bonds. The predicted molar refractivity (Wildman–Crippen MR) is 90.3 cm³/mol. The highest BCUT2D eigenvalue weighted by atomic mass is 31.2. The SMILES string of the molecule is C=C(C)C(=O)OCCCCCCCCOP(=O)(OCC)OCC. The van der Waals surface area contributed by atoms with E-state index in [-0.39, 0.29) is 5.97 Å². The normalized spacial score (nSPS) is 11.4. The molecule has 0 rings (SSSR count). The Morgan fingerprint density at radius 1 is 0.870 bits per heavy atom. The molecule has 23 heavy (non-hydrogen) atoms. The second kappa shape index (κ2) is 13.7. The first-order chi connectivity index (χ1) is 10.9. The van der Waals surface area contributed by atoms with E-state index in [9.17, 15) is 9.36 Å². The standard InChI is InChI=1S/C16H31O6P/c1-5-20-23(18,21-6-2)22-14-12-10-8-7-9-11-13-19-16(17)15(3)4/h3,5-14H2,1-2,4H3. The number of ether oxygens (including phenoxy) is 1. The Hall–Kier alpha value is -0.680. The third-order valence-electron chi connectivity index (χ3n) is 2.94. The maximum atomic E-state index is 12.0. The van der Waals surface area contributed by atoms with Gasteiger partial charge in [-0.15, -0.1) is 0 Å². The van der Waals surface area contributed by atoms with Crippen molar-refractivity contribution >= 4 is 13.8 Å². The first-order valence-electron chi connectivity index (χ1n) is 8.31. The van der Waals surface area contributed by atoms with E-state index in [0.29, 0.717) is 32.0 Å². The fourth-order valence-corrected chi connectivity index (χ4v) is 3.01. The van der Waals surface area contributed by atoms with Crippen LogP contribution in [0, 0.1) is 0 Å². The zero-order chi connectivity index (χ0) is 17.6. The van der Waals surface area contributed by atoms with Gasteiger partial charge in [0, 0.05) is 5.57 Å². The summed E-state index contributed by atoms with van der Waals surface area (Å²) in [7, 11) is -3.36. The Morgan fingerprint density at radius 2 is 1.35 bits per heavy atom. The van der Waals surface area contributed by atoms with Gasteiger partial charge in [0.25, 0.3) is 0 Å². The third kappa shape index (κ3) is 12.4. The van der Waals surface area contributed by atoms with Gasteiger partial charge in [-0.25, -0.2) is 9.36 Å². The Kier molecular flexibility index (Phi) is 13.3. The number of phosphoric acid groups is 1. The van der Waals surface area contributed by atoms with Crippen LogP contribution in [0.2, 0.25) is 0 Å². The van der Waals surface area contributed by atoms with E-state index in [1.165, 1.54) is 0 Å². The molecule has 0 aromatic rings. The summed E-state index contributed by atoms with van der Waals surface area (Å²) in [6, 6.07) is 0. The van der Waals surface area contributed by atoms with Gasteiger partial charge in [0.05, 0.1) is 26.4 Å². The van der Waals surface area contributed by atoms with E-state index >= 15 is 0 Å². The van der Waals surface area contributed by atoms with Crippen molar-refractivity contribution in [2.75, 3.05) is 26.4 Å². The molecule has 0 spiro atoms. The van der Waals surface area contributed by atoms with Gasteiger partial charge in [-0.2, -0.15) is 0 Å². The van der Waals surface area contributed by atoms with Gasteiger partial charge in [-0.3, -0.25) is 13.6 Å². The second-order valence-electron chi connectivity index (χ2n) is 5.15. The van der Waals surface area contributed by atoms with E-state index < -0.39 is 7.82 Å². The number of rotatable bonds is 15. The molecule has 0 saturated carbocycles. The van der Waals surface area contributed by atoms with Crippen LogP contribution in [0.4, 0.5) is 0 Å². The van der Waals surface area contributed by atoms with Crippen molar-refractivity contribution in [3.05, 3.63) is 12.2 Å². The van der Waals surface area contributed by atoms with Crippen LogP contribution < -0.4 is 0 Å². The molecule has 7 heteroatoms. The summed E-state index contributed by atoms with van der Waals surface area (Å²) in [6.07, 6.45) is 5.81. The molecule has 0 radical (unpaired) electrons. The monoisotopic (exact) mass is 350 g/mol. The molecule has 0 saturated heterocycles. The Bertz CT molecular complexity index is 373. The first kappa shape index (κ1) is 22.3. The molecule has 0 bridgehead atoms. The average Bonchev–Trinajstić information content (AvgIpc) is 2.49. The second-order valence-corrected chi connectivity index (χ2v) is 6.82. The van der Waals surface area contributed by atoms with Crippen molar-refractivity contribution in [3.8, 4) is 0 Å². The van der Waals surface area contributed by atoms with Crippen LogP contribution >= 0.6 is 7.82 Å². The van der Waals surface area contributed by atoms with Gasteiger partial charge < -0.3 is 4.74 Å². The van der Waals surface area contributed by atoms with E-state index in [0.717, 1.165) is 38.5 Å². The zero-order valence-corrected chi connectivity index (χ0v) is 15.6. The third-order valence-corrected chi connectivity index (χ3v) is 4.59. The number of carbonyl (C=O) groups is 1. The van der Waals surface area contributed by atoms with E-state index in [1.807, 2.05) is 0 Å². The largest absolute Gasteiger partial charge is 0.474 e. The molecule has 0 atom stereocenters. The number of phosphoric ester groups is 1. The minimum absolute atomic E-state index is 0.299. The van der Waals surface area contributed by atoms with Crippen molar-refractivity contribution in [2.45, 2.75) is 59.3 Å². The smallest absolute Gasteiger partial charge is 0.462 e. The van der Waals surface area contributed by atoms with Crippen molar-refractivity contribution in [1.82, 2.24) is 0 Å². The van der Waals surface area contributed by atoms with Crippen LogP contribution in [-0.4, -0.2) is 32.4 Å². The van der Waals surface area contributed by atoms with Crippen LogP contribution in [0.3, 0.4) is 0 Å². The minimum atomic E-state index is -3.36. The molecule has 136 valence electrons. The molecule has 0 unspecified atom stereocenters. The topological polar surface area (TPSA) is 71.1 Å². The highest BCUT2D eigenvalue weighted by Crippen LogP contribution is 2.49. The first-order valence-corrected chi connectivity index (χ1v) is 9.77. The fourth-order valence-electron chi connectivity index (χ4n) is 1.80. The van der Waals surface area contributed by atoms with Crippen molar-refractivity contribution in [1.29, 1.82) is 0 Å². The van der Waals surface area contributed by atoms with Crippen molar-refractivity contribution in [2.24, 2.45) is 0 Å². The minimum Gasteiger partial charge on any atom is -0.462 e. The lowest BCUT2D eigenvalue weighted by molar-refractivity contribution is -0.139. The summed E-state index contributed by atoms with van der Waals surface area (Å²) in [5.74, 6) is -0.324. The van der Waals surface area contributed by atoms with Gasteiger partial charge in [0.1, 0.15) is 0 Å². The number of esters is 1. The molecule has 0 fully saturated rings. The highest BCUT2D eigenvalue weighted by molar-refractivity contribution is 7.48. The molecule has 0 heterocycles. The summed E-state index contributed by atoms with van der Waals surface area (Å²) in [5.41, 5.74) is 0.432. The van der Waals surface area contributed by atoms with Gasteiger partial charge in [-0.1, -0.05) is 32.3 Å². The molecule has 0 aliphatic heterocycles. The van der Waals surface area contributed by atoms with Crippen LogP contribution in [0.15, 0.2) is 12.2 Å². The van der Waals surface area contributed by atoms with Crippen LogP contribution in [-0.2, 0) is 27.7 Å². The predicted octanol–water partition coefficient (Wildman–Crippen LogP) is 4.64. The Balaban J connectivity index is 3.50. The molecule has 0 aromatic heterocycles. The van der Waals surface area contributed by atoms with E-state index in [2.05, 4.69) is 6.58 Å².